The molecule has 0 aliphatic carbocycles. The maximum Gasteiger partial charge on any atom is 0.103 e. The molecule has 1 fully saturated rings. The number of hydrogen-bond acceptors (Lipinski definition) is 3. The molecule has 2 atom stereocenters. The van der Waals surface area contributed by atoms with E-state index in [-0.39, 0.29) is 0 Å². The second-order valence-electron chi connectivity index (χ2n) is 4.80. The van der Waals surface area contributed by atoms with Crippen LogP contribution in [-0.4, -0.2) is 35.7 Å². The first-order valence-electron chi connectivity index (χ1n) is 6.17. The summed E-state index contributed by atoms with van der Waals surface area (Å²) >= 11 is 0. The van der Waals surface area contributed by atoms with Crippen LogP contribution in [0, 0.1) is 5.92 Å². The Balaban J connectivity index is 1.74. The van der Waals surface area contributed by atoms with Gasteiger partial charge < -0.3 is 14.4 Å². The SMILES string of the molecule is CC(CCc1ccco1)N1CCC(CO)C1. The molecule has 2 heterocycles. The third kappa shape index (κ3) is 2.86. The predicted molar refractivity (Wildman–Crippen MR) is 63.3 cm³/mol. The first-order chi connectivity index (χ1) is 7.79. The molecule has 0 radical (unpaired) electrons. The zero-order valence-electron chi connectivity index (χ0n) is 9.93. The number of likely N-dealkylation sites (tertiary alicyclic amines) is 1. The van der Waals surface area contributed by atoms with Crippen molar-refractivity contribution in [3.8, 4) is 0 Å². The molecule has 2 rings (SSSR count). The van der Waals surface area contributed by atoms with Crippen molar-refractivity contribution in [3.05, 3.63) is 24.2 Å². The van der Waals surface area contributed by atoms with Crippen LogP contribution >= 0.6 is 0 Å². The normalized spacial score (nSPS) is 23.8. The lowest BCUT2D eigenvalue weighted by Crippen LogP contribution is -2.31. The van der Waals surface area contributed by atoms with Crippen molar-refractivity contribution in [3.63, 3.8) is 0 Å². The molecular weight excluding hydrogens is 202 g/mol. The molecule has 1 aromatic rings. The zero-order chi connectivity index (χ0) is 11.4. The fraction of sp³-hybridized carbons (Fsp3) is 0.692. The Bertz CT molecular complexity index is 297. The number of furan rings is 1. The minimum absolute atomic E-state index is 0.335. The molecule has 1 aromatic heterocycles. The Morgan fingerprint density at radius 3 is 3.12 bits per heavy atom. The van der Waals surface area contributed by atoms with Crippen LogP contribution in [0.4, 0.5) is 0 Å². The Hall–Kier alpha value is -0.800. The lowest BCUT2D eigenvalue weighted by Gasteiger charge is -2.23. The summed E-state index contributed by atoms with van der Waals surface area (Å²) in [6, 6.07) is 4.56. The Morgan fingerprint density at radius 2 is 2.50 bits per heavy atom. The third-order valence-electron chi connectivity index (χ3n) is 3.59. The highest BCUT2D eigenvalue weighted by atomic mass is 16.3. The van der Waals surface area contributed by atoms with Gasteiger partial charge in [-0.2, -0.15) is 0 Å². The smallest absolute Gasteiger partial charge is 0.103 e. The summed E-state index contributed by atoms with van der Waals surface area (Å²) in [5, 5.41) is 9.10. The van der Waals surface area contributed by atoms with Crippen molar-refractivity contribution in [2.75, 3.05) is 19.7 Å². The Kier molecular flexibility index (Phi) is 4.02. The first-order valence-corrected chi connectivity index (χ1v) is 6.17. The van der Waals surface area contributed by atoms with E-state index < -0.39 is 0 Å². The molecule has 1 N–H and O–H groups in total. The van der Waals surface area contributed by atoms with Crippen LogP contribution in [0.3, 0.4) is 0 Å². The molecular formula is C13H21NO2. The fourth-order valence-corrected chi connectivity index (χ4v) is 2.40. The number of aliphatic hydroxyl groups excluding tert-OH is 1. The number of aryl methyl sites for hydroxylation is 1. The Morgan fingerprint density at radius 1 is 1.62 bits per heavy atom. The quantitative estimate of drug-likeness (QED) is 0.828. The van der Waals surface area contributed by atoms with Gasteiger partial charge >= 0.3 is 0 Å². The number of aliphatic hydroxyl groups is 1. The highest BCUT2D eigenvalue weighted by Gasteiger charge is 2.25. The summed E-state index contributed by atoms with van der Waals surface area (Å²) in [4.78, 5) is 2.48. The van der Waals surface area contributed by atoms with Crippen molar-refractivity contribution < 1.29 is 9.52 Å². The second kappa shape index (κ2) is 5.51. The van der Waals surface area contributed by atoms with Crippen molar-refractivity contribution in [2.24, 2.45) is 5.92 Å². The monoisotopic (exact) mass is 223 g/mol. The van der Waals surface area contributed by atoms with Gasteiger partial charge in [-0.3, -0.25) is 0 Å². The van der Waals surface area contributed by atoms with E-state index in [4.69, 9.17) is 9.52 Å². The minimum Gasteiger partial charge on any atom is -0.469 e. The Labute approximate surface area is 97.1 Å². The van der Waals surface area contributed by atoms with Crippen LogP contribution in [0.5, 0.6) is 0 Å². The van der Waals surface area contributed by atoms with Gasteiger partial charge in [-0.15, -0.1) is 0 Å². The number of hydrogen-bond donors (Lipinski definition) is 1. The largest absolute Gasteiger partial charge is 0.469 e. The maximum absolute atomic E-state index is 9.10. The van der Waals surface area contributed by atoms with Crippen LogP contribution in [0.15, 0.2) is 22.8 Å². The van der Waals surface area contributed by atoms with Crippen molar-refractivity contribution in [2.45, 2.75) is 32.2 Å². The van der Waals surface area contributed by atoms with E-state index in [1.54, 1.807) is 6.26 Å². The summed E-state index contributed by atoms with van der Waals surface area (Å²) in [5.41, 5.74) is 0. The van der Waals surface area contributed by atoms with Gasteiger partial charge in [-0.1, -0.05) is 0 Å². The highest BCUT2D eigenvalue weighted by molar-refractivity contribution is 4.98. The lowest BCUT2D eigenvalue weighted by atomic mass is 10.1. The van der Waals surface area contributed by atoms with Crippen LogP contribution in [-0.2, 0) is 6.42 Å². The maximum atomic E-state index is 9.10. The average Bonchev–Trinajstić information content (AvgIpc) is 2.96. The van der Waals surface area contributed by atoms with E-state index in [1.165, 1.54) is 0 Å². The van der Waals surface area contributed by atoms with Gasteiger partial charge in [0, 0.05) is 25.6 Å². The van der Waals surface area contributed by atoms with Gasteiger partial charge in [0.1, 0.15) is 5.76 Å². The van der Waals surface area contributed by atoms with Gasteiger partial charge in [0.2, 0.25) is 0 Å². The molecule has 2 unspecified atom stereocenters. The van der Waals surface area contributed by atoms with Gasteiger partial charge in [-0.05, 0) is 44.4 Å². The molecule has 0 bridgehead atoms. The summed E-state index contributed by atoms with van der Waals surface area (Å²) in [6.45, 7) is 4.78. The molecule has 0 spiro atoms. The zero-order valence-corrected chi connectivity index (χ0v) is 9.93. The topological polar surface area (TPSA) is 36.6 Å². The van der Waals surface area contributed by atoms with E-state index in [9.17, 15) is 0 Å². The van der Waals surface area contributed by atoms with Gasteiger partial charge in [-0.25, -0.2) is 0 Å². The third-order valence-corrected chi connectivity index (χ3v) is 3.59. The lowest BCUT2D eigenvalue weighted by molar-refractivity contribution is 0.198. The molecule has 0 amide bonds. The summed E-state index contributed by atoms with van der Waals surface area (Å²) in [6.07, 6.45) is 5.01. The fourth-order valence-electron chi connectivity index (χ4n) is 2.40. The van der Waals surface area contributed by atoms with E-state index in [2.05, 4.69) is 11.8 Å². The summed E-state index contributed by atoms with van der Waals surface area (Å²) in [7, 11) is 0. The molecule has 1 aliphatic heterocycles. The van der Waals surface area contributed by atoms with Crippen LogP contribution in [0.25, 0.3) is 0 Å². The number of rotatable bonds is 5. The summed E-state index contributed by atoms with van der Waals surface area (Å²) in [5.74, 6) is 1.57. The van der Waals surface area contributed by atoms with Crippen LogP contribution in [0.1, 0.15) is 25.5 Å². The minimum atomic E-state index is 0.335. The van der Waals surface area contributed by atoms with E-state index in [0.29, 0.717) is 18.6 Å². The molecule has 3 nitrogen and oxygen atoms in total. The van der Waals surface area contributed by atoms with Crippen LogP contribution in [0.2, 0.25) is 0 Å². The van der Waals surface area contributed by atoms with Gasteiger partial charge in [0.15, 0.2) is 0 Å². The first kappa shape index (κ1) is 11.7. The molecule has 0 saturated carbocycles. The molecule has 1 saturated heterocycles. The molecule has 16 heavy (non-hydrogen) atoms. The molecule has 0 aromatic carbocycles. The van der Waals surface area contributed by atoms with Crippen molar-refractivity contribution >= 4 is 0 Å². The van der Waals surface area contributed by atoms with Crippen LogP contribution < -0.4 is 0 Å². The van der Waals surface area contributed by atoms with E-state index in [0.717, 1.165) is 38.1 Å². The molecule has 1 aliphatic rings. The van der Waals surface area contributed by atoms with Gasteiger partial charge in [0.25, 0.3) is 0 Å². The highest BCUT2D eigenvalue weighted by Crippen LogP contribution is 2.20. The molecule has 3 heteroatoms. The summed E-state index contributed by atoms with van der Waals surface area (Å²) < 4.78 is 5.33. The van der Waals surface area contributed by atoms with E-state index >= 15 is 0 Å². The van der Waals surface area contributed by atoms with Crippen molar-refractivity contribution in [1.29, 1.82) is 0 Å². The second-order valence-corrected chi connectivity index (χ2v) is 4.80. The molecule has 90 valence electrons. The average molecular weight is 223 g/mol. The number of nitrogens with zero attached hydrogens (tertiary/aromatic N) is 1. The standard InChI is InChI=1S/C13H21NO2/c1-11(4-5-13-3-2-8-16-13)14-7-6-12(9-14)10-15/h2-3,8,11-12,15H,4-7,9-10H2,1H3. The van der Waals surface area contributed by atoms with Crippen molar-refractivity contribution in [1.82, 2.24) is 4.90 Å². The van der Waals surface area contributed by atoms with E-state index in [1.807, 2.05) is 12.1 Å². The van der Waals surface area contributed by atoms with Gasteiger partial charge in [0.05, 0.1) is 6.26 Å². The predicted octanol–water partition coefficient (Wildman–Crippen LogP) is 1.91.